The lowest BCUT2D eigenvalue weighted by Gasteiger charge is -2.24. The predicted molar refractivity (Wildman–Crippen MR) is 59.1 cm³/mol. The van der Waals surface area contributed by atoms with Gasteiger partial charge in [0.15, 0.2) is 23.5 Å². The second-order valence-corrected chi connectivity index (χ2v) is 6.89. The summed E-state index contributed by atoms with van der Waals surface area (Å²) in [5.74, 6) is 0. The molecule has 0 aliphatic carbocycles. The fourth-order valence-corrected chi connectivity index (χ4v) is 2.78. The Morgan fingerprint density at radius 2 is 2.06 bits per heavy atom. The zero-order valence-electron chi connectivity index (χ0n) is 9.30. The van der Waals surface area contributed by atoms with E-state index in [1.54, 1.807) is 23.9 Å². The third-order valence-corrected chi connectivity index (χ3v) is 5.12. The molecular weight excluding hydrogens is 396 g/mol. The van der Waals surface area contributed by atoms with Crippen molar-refractivity contribution in [2.75, 3.05) is 0 Å². The van der Waals surface area contributed by atoms with E-state index in [1.165, 1.54) is 12.3 Å². The smallest absolute Gasteiger partial charge is 0.372 e. The van der Waals surface area contributed by atoms with E-state index in [0.29, 0.717) is 5.56 Å². The molecule has 10 heteroatoms. The Labute approximate surface area is 123 Å². The maximum atomic E-state index is 11.1. The van der Waals surface area contributed by atoms with E-state index in [-0.39, 0.29) is 24.0 Å². The first-order valence-electron chi connectivity index (χ1n) is 4.50. The molecule has 0 amide bonds. The highest BCUT2D eigenvalue weighted by Gasteiger charge is 2.51. The lowest BCUT2D eigenvalue weighted by Crippen LogP contribution is -3.00. The van der Waals surface area contributed by atoms with Crippen LogP contribution in [0.25, 0.3) is 0 Å². The van der Waals surface area contributed by atoms with Crippen LogP contribution in [0.5, 0.6) is 0 Å². The highest BCUT2D eigenvalue weighted by Crippen LogP contribution is 2.51. The molecule has 104 valence electrons. The Balaban J connectivity index is 0.00000289. The van der Waals surface area contributed by atoms with Gasteiger partial charge in [-0.2, -0.15) is 0 Å². The Hall–Kier alpha value is 0.1000. The van der Waals surface area contributed by atoms with Crippen LogP contribution >= 0.6 is 7.60 Å². The molecule has 0 fully saturated rings. The topological polar surface area (TPSA) is 119 Å². The van der Waals surface area contributed by atoms with Crippen LogP contribution in [-0.4, -0.2) is 28.3 Å². The Bertz CT molecular complexity index is 494. The number of halogens is 1. The molecule has 1 aromatic heterocycles. The number of aromatic nitrogens is 1. The van der Waals surface area contributed by atoms with E-state index in [2.05, 4.69) is 0 Å². The number of aliphatic hydroxyl groups is 1. The molecule has 0 spiro atoms. The summed E-state index contributed by atoms with van der Waals surface area (Å²) in [7, 11) is -3.45. The van der Waals surface area contributed by atoms with Gasteiger partial charge in [-0.3, -0.25) is 4.57 Å². The molecule has 0 aliphatic heterocycles. The van der Waals surface area contributed by atoms with Gasteiger partial charge in [0.2, 0.25) is 0 Å². The molecule has 1 rings (SSSR count). The average molecular weight is 409 g/mol. The van der Waals surface area contributed by atoms with Crippen LogP contribution in [0.3, 0.4) is 0 Å². The Morgan fingerprint density at radius 1 is 1.50 bits per heavy atom. The van der Waals surface area contributed by atoms with Gasteiger partial charge < -0.3 is 43.4 Å². The average Bonchev–Trinajstić information content (AvgIpc) is 2.15. The molecule has 0 saturated carbocycles. The van der Waals surface area contributed by atoms with Crippen LogP contribution < -0.4 is 28.5 Å². The van der Waals surface area contributed by atoms with E-state index in [0.717, 1.165) is 0 Å². The summed E-state index contributed by atoms with van der Waals surface area (Å²) >= 11 is -3.06. The Morgan fingerprint density at radius 3 is 2.44 bits per heavy atom. The summed E-state index contributed by atoms with van der Waals surface area (Å²) < 4.78 is 29.5. The zero-order chi connectivity index (χ0) is 13.3. The minimum absolute atomic E-state index is 0. The van der Waals surface area contributed by atoms with Gasteiger partial charge in [-0.25, -0.2) is 8.78 Å². The fourth-order valence-electron chi connectivity index (χ4n) is 1.29. The van der Waals surface area contributed by atoms with Crippen molar-refractivity contribution in [3.05, 3.63) is 30.1 Å². The van der Waals surface area contributed by atoms with Crippen molar-refractivity contribution in [2.24, 2.45) is 7.05 Å². The molecule has 0 radical (unpaired) electrons. The molecular formula is C8H13INO6PS. The first-order valence-corrected chi connectivity index (χ1v) is 7.22. The summed E-state index contributed by atoms with van der Waals surface area (Å²) in [5, 5.41) is 9.65. The third-order valence-electron chi connectivity index (χ3n) is 2.17. The second kappa shape index (κ2) is 6.51. The molecule has 0 saturated heterocycles. The van der Waals surface area contributed by atoms with Gasteiger partial charge in [-0.1, -0.05) is 0 Å². The number of hydrogen-bond donors (Lipinski definition) is 4. The zero-order valence-corrected chi connectivity index (χ0v) is 13.2. The maximum absolute atomic E-state index is 11.1. The molecule has 4 N–H and O–H groups in total. The molecule has 2 atom stereocenters. The van der Waals surface area contributed by atoms with Gasteiger partial charge in [0.05, 0.1) is 0 Å². The first-order chi connectivity index (χ1) is 7.67. The minimum Gasteiger partial charge on any atom is -1.00 e. The molecule has 2 unspecified atom stereocenters. The summed E-state index contributed by atoms with van der Waals surface area (Å²) in [4.78, 5) is 17.9. The third kappa shape index (κ3) is 4.05. The SMILES string of the molecule is C[n+]1cccc(CC(O)(S(=O)O)P(=O)(O)O)c1.[I-]. The van der Waals surface area contributed by atoms with Crippen molar-refractivity contribution in [2.45, 2.75) is 11.1 Å². The standard InChI is InChI=1S/C8H12NO6PS.HI/c1-9-4-2-3-7(6-9)5-8(10,17(14)15)16(11,12)13;/h2-4,6,10H,5H2,1H3,(H2-,11,12,13,14,15);1H. The van der Waals surface area contributed by atoms with Gasteiger partial charge in [0, 0.05) is 18.1 Å². The van der Waals surface area contributed by atoms with Crippen molar-refractivity contribution in [1.29, 1.82) is 0 Å². The predicted octanol–water partition coefficient (Wildman–Crippen LogP) is -3.90. The van der Waals surface area contributed by atoms with Gasteiger partial charge in [-0.15, -0.1) is 0 Å². The van der Waals surface area contributed by atoms with Crippen molar-refractivity contribution < 1.29 is 56.8 Å². The van der Waals surface area contributed by atoms with E-state index in [9.17, 15) is 13.9 Å². The number of hydrogen-bond acceptors (Lipinski definition) is 3. The molecule has 1 heterocycles. The van der Waals surface area contributed by atoms with Crippen molar-refractivity contribution in [1.82, 2.24) is 0 Å². The summed E-state index contributed by atoms with van der Waals surface area (Å²) in [6.45, 7) is 0. The van der Waals surface area contributed by atoms with Crippen LogP contribution in [0.2, 0.25) is 0 Å². The maximum Gasteiger partial charge on any atom is 0.372 e. The fraction of sp³-hybridized carbons (Fsp3) is 0.375. The lowest BCUT2D eigenvalue weighted by molar-refractivity contribution is -0.671. The van der Waals surface area contributed by atoms with E-state index >= 15 is 0 Å². The number of aryl methyl sites for hydroxylation is 1. The minimum atomic E-state index is -5.13. The van der Waals surface area contributed by atoms with Crippen LogP contribution in [0.4, 0.5) is 0 Å². The molecule has 0 aliphatic rings. The first kappa shape index (κ1) is 18.1. The normalized spacial score (nSPS) is 16.5. The van der Waals surface area contributed by atoms with E-state index in [1.807, 2.05) is 0 Å². The van der Waals surface area contributed by atoms with Gasteiger partial charge >= 0.3 is 7.60 Å². The van der Waals surface area contributed by atoms with E-state index < -0.39 is 29.8 Å². The lowest BCUT2D eigenvalue weighted by atomic mass is 10.2. The summed E-state index contributed by atoms with van der Waals surface area (Å²) in [6.07, 6.45) is 2.55. The molecule has 1 aromatic rings. The van der Waals surface area contributed by atoms with Gasteiger partial charge in [0.25, 0.3) is 4.67 Å². The summed E-state index contributed by atoms with van der Waals surface area (Å²) in [5.41, 5.74) is 0.336. The number of nitrogens with zero attached hydrogens (tertiary/aromatic N) is 1. The van der Waals surface area contributed by atoms with Gasteiger partial charge in [0.1, 0.15) is 7.05 Å². The van der Waals surface area contributed by atoms with Crippen LogP contribution in [0.1, 0.15) is 5.56 Å². The largest absolute Gasteiger partial charge is 1.00 e. The van der Waals surface area contributed by atoms with Crippen LogP contribution in [-0.2, 0) is 29.1 Å². The summed E-state index contributed by atoms with van der Waals surface area (Å²) in [6, 6.07) is 3.09. The highest BCUT2D eigenvalue weighted by atomic mass is 127. The number of pyridine rings is 1. The Kier molecular flexibility index (Phi) is 6.54. The number of rotatable bonds is 4. The molecule has 0 bridgehead atoms. The molecule has 0 aromatic carbocycles. The van der Waals surface area contributed by atoms with Crippen molar-refractivity contribution in [3.63, 3.8) is 0 Å². The monoisotopic (exact) mass is 409 g/mol. The quantitative estimate of drug-likeness (QED) is 0.175. The molecule has 7 nitrogen and oxygen atoms in total. The van der Waals surface area contributed by atoms with Crippen LogP contribution in [0.15, 0.2) is 24.5 Å². The van der Waals surface area contributed by atoms with Gasteiger partial charge in [-0.05, 0) is 6.07 Å². The van der Waals surface area contributed by atoms with E-state index in [4.69, 9.17) is 14.3 Å². The van der Waals surface area contributed by atoms with Crippen molar-refractivity contribution >= 4 is 18.7 Å². The molecule has 18 heavy (non-hydrogen) atoms. The van der Waals surface area contributed by atoms with Crippen molar-refractivity contribution in [3.8, 4) is 0 Å². The van der Waals surface area contributed by atoms with Crippen LogP contribution in [0, 0.1) is 0 Å². The second-order valence-electron chi connectivity index (χ2n) is 3.59. The highest BCUT2D eigenvalue weighted by molar-refractivity contribution is 7.89.